The van der Waals surface area contributed by atoms with E-state index in [0.29, 0.717) is 0 Å². The second-order valence-electron chi connectivity index (χ2n) is 4.05. The number of ether oxygens (including phenoxy) is 1. The zero-order valence-electron chi connectivity index (χ0n) is 9.75. The molecule has 0 saturated carbocycles. The third-order valence-corrected chi connectivity index (χ3v) is 2.01. The number of nitrogens with two attached hydrogens (primary N) is 1. The number of methoxy groups -OCH3 is 1. The fourth-order valence-electron chi connectivity index (χ4n) is 1.51. The normalized spacial score (nSPS) is 13.2. The lowest BCUT2D eigenvalue weighted by Crippen LogP contribution is -2.36. The molecule has 0 amide bonds. The van der Waals surface area contributed by atoms with E-state index in [4.69, 9.17) is 10.5 Å². The fourth-order valence-corrected chi connectivity index (χ4v) is 1.51. The Morgan fingerprint density at radius 3 is 2.71 bits per heavy atom. The van der Waals surface area contributed by atoms with Crippen LogP contribution >= 0.6 is 0 Å². The van der Waals surface area contributed by atoms with E-state index in [0.717, 1.165) is 32.5 Å². The minimum Gasteiger partial charge on any atom is -0.385 e. The van der Waals surface area contributed by atoms with Gasteiger partial charge in [-0.2, -0.15) is 0 Å². The number of nitrogens with zero attached hydrogens (tertiary/aromatic N) is 1. The summed E-state index contributed by atoms with van der Waals surface area (Å²) in [6.07, 6.45) is 2.06. The molecule has 3 nitrogen and oxygen atoms in total. The summed E-state index contributed by atoms with van der Waals surface area (Å²) in [5, 5.41) is 0. The predicted molar refractivity (Wildman–Crippen MR) is 61.4 cm³/mol. The molecule has 14 heavy (non-hydrogen) atoms. The average Bonchev–Trinajstić information content (AvgIpc) is 2.02. The van der Waals surface area contributed by atoms with Gasteiger partial charge in [0.25, 0.3) is 0 Å². The van der Waals surface area contributed by atoms with E-state index in [-0.39, 0.29) is 6.04 Å². The van der Waals surface area contributed by atoms with Crippen molar-refractivity contribution in [2.24, 2.45) is 5.73 Å². The first-order chi connectivity index (χ1) is 6.56. The summed E-state index contributed by atoms with van der Waals surface area (Å²) in [5.41, 5.74) is 7.14. The zero-order chi connectivity index (χ0) is 11.0. The van der Waals surface area contributed by atoms with E-state index in [1.807, 2.05) is 6.92 Å². The van der Waals surface area contributed by atoms with Gasteiger partial charge in [-0.1, -0.05) is 12.2 Å². The Morgan fingerprint density at radius 2 is 2.21 bits per heavy atom. The van der Waals surface area contributed by atoms with Crippen molar-refractivity contribution in [2.75, 3.05) is 33.9 Å². The first-order valence-corrected chi connectivity index (χ1v) is 5.13. The van der Waals surface area contributed by atoms with Crippen molar-refractivity contribution in [2.45, 2.75) is 25.8 Å². The number of rotatable bonds is 8. The molecule has 84 valence electrons. The maximum atomic E-state index is 5.96. The second-order valence-corrected chi connectivity index (χ2v) is 4.05. The number of hydrogen-bond acceptors (Lipinski definition) is 3. The van der Waals surface area contributed by atoms with Crippen molar-refractivity contribution in [1.29, 1.82) is 0 Å². The van der Waals surface area contributed by atoms with Gasteiger partial charge in [0, 0.05) is 32.8 Å². The first-order valence-electron chi connectivity index (χ1n) is 5.13. The molecule has 2 N–H and O–H groups in total. The molecule has 0 aromatic carbocycles. The highest BCUT2D eigenvalue weighted by Gasteiger charge is 2.06. The molecular weight excluding hydrogens is 176 g/mol. The smallest absolute Gasteiger partial charge is 0.0462 e. The Labute approximate surface area is 87.9 Å². The van der Waals surface area contributed by atoms with E-state index in [2.05, 4.69) is 18.5 Å². The van der Waals surface area contributed by atoms with Gasteiger partial charge in [0.2, 0.25) is 0 Å². The highest BCUT2D eigenvalue weighted by Crippen LogP contribution is 1.99. The van der Waals surface area contributed by atoms with Gasteiger partial charge in [0.1, 0.15) is 0 Å². The van der Waals surface area contributed by atoms with Crippen molar-refractivity contribution in [3.05, 3.63) is 12.2 Å². The fraction of sp³-hybridized carbons (Fsp3) is 0.818. The van der Waals surface area contributed by atoms with E-state index >= 15 is 0 Å². The van der Waals surface area contributed by atoms with Crippen molar-refractivity contribution in [1.82, 2.24) is 4.90 Å². The van der Waals surface area contributed by atoms with Crippen molar-refractivity contribution in [3.8, 4) is 0 Å². The van der Waals surface area contributed by atoms with Gasteiger partial charge in [0.05, 0.1) is 0 Å². The maximum Gasteiger partial charge on any atom is 0.0462 e. The van der Waals surface area contributed by atoms with Gasteiger partial charge in [0.15, 0.2) is 0 Å². The number of hydrogen-bond donors (Lipinski definition) is 1. The summed E-state index contributed by atoms with van der Waals surface area (Å²) in [4.78, 5) is 2.21. The highest BCUT2D eigenvalue weighted by atomic mass is 16.5. The predicted octanol–water partition coefficient (Wildman–Crippen LogP) is 1.25. The molecule has 1 atom stereocenters. The Morgan fingerprint density at radius 1 is 1.57 bits per heavy atom. The molecule has 0 rings (SSSR count). The average molecular weight is 200 g/mol. The number of likely N-dealkylation sites (N-methyl/N-ethyl adjacent to an activating group) is 1. The second kappa shape index (κ2) is 7.97. The lowest BCUT2D eigenvalue weighted by molar-refractivity contribution is 0.188. The Balaban J connectivity index is 3.49. The molecule has 0 bridgehead atoms. The van der Waals surface area contributed by atoms with Gasteiger partial charge in [-0.15, -0.1) is 0 Å². The van der Waals surface area contributed by atoms with Crippen LogP contribution in [0.5, 0.6) is 0 Å². The highest BCUT2D eigenvalue weighted by molar-refractivity contribution is 4.91. The Hall–Kier alpha value is -0.380. The van der Waals surface area contributed by atoms with Crippen LogP contribution < -0.4 is 5.73 Å². The quantitative estimate of drug-likeness (QED) is 0.473. The van der Waals surface area contributed by atoms with Crippen LogP contribution in [0.1, 0.15) is 19.8 Å². The van der Waals surface area contributed by atoms with Crippen LogP contribution in [-0.2, 0) is 4.74 Å². The van der Waals surface area contributed by atoms with Gasteiger partial charge < -0.3 is 15.4 Å². The summed E-state index contributed by atoms with van der Waals surface area (Å²) in [7, 11) is 3.80. The summed E-state index contributed by atoms with van der Waals surface area (Å²) in [5.74, 6) is 0. The zero-order valence-corrected chi connectivity index (χ0v) is 9.75. The lowest BCUT2D eigenvalue weighted by atomic mass is 10.1. The van der Waals surface area contributed by atoms with E-state index < -0.39 is 0 Å². The molecular formula is C11H24N2O. The van der Waals surface area contributed by atoms with E-state index in [1.54, 1.807) is 7.11 Å². The molecule has 0 spiro atoms. The molecule has 0 aliphatic carbocycles. The minimum atomic E-state index is 0.245. The molecule has 3 heteroatoms. The molecule has 0 aliphatic heterocycles. The molecule has 0 heterocycles. The SMILES string of the molecule is C=C(C)CN(C)CC(N)CCCOC. The third-order valence-electron chi connectivity index (χ3n) is 2.01. The molecule has 0 radical (unpaired) electrons. The summed E-state index contributed by atoms with van der Waals surface area (Å²) in [6, 6.07) is 0.245. The third kappa shape index (κ3) is 8.23. The van der Waals surface area contributed by atoms with Crippen LogP contribution in [0.4, 0.5) is 0 Å². The van der Waals surface area contributed by atoms with Gasteiger partial charge in [-0.3, -0.25) is 0 Å². The molecule has 1 unspecified atom stereocenters. The minimum absolute atomic E-state index is 0.245. The van der Waals surface area contributed by atoms with Crippen molar-refractivity contribution >= 4 is 0 Å². The molecule has 0 aromatic heterocycles. The van der Waals surface area contributed by atoms with E-state index in [1.165, 1.54) is 5.57 Å². The van der Waals surface area contributed by atoms with Crippen LogP contribution in [0.3, 0.4) is 0 Å². The molecule has 0 saturated heterocycles. The van der Waals surface area contributed by atoms with Crippen molar-refractivity contribution in [3.63, 3.8) is 0 Å². The lowest BCUT2D eigenvalue weighted by Gasteiger charge is -2.21. The summed E-state index contributed by atoms with van der Waals surface area (Å²) in [6.45, 7) is 8.57. The Kier molecular flexibility index (Phi) is 7.76. The largest absolute Gasteiger partial charge is 0.385 e. The van der Waals surface area contributed by atoms with Crippen LogP contribution in [0.2, 0.25) is 0 Å². The topological polar surface area (TPSA) is 38.5 Å². The van der Waals surface area contributed by atoms with Gasteiger partial charge >= 0.3 is 0 Å². The first kappa shape index (κ1) is 13.6. The summed E-state index contributed by atoms with van der Waals surface area (Å²) < 4.78 is 4.98. The van der Waals surface area contributed by atoms with Crippen LogP contribution in [-0.4, -0.2) is 44.8 Å². The molecule has 0 aliphatic rings. The van der Waals surface area contributed by atoms with Crippen LogP contribution in [0.25, 0.3) is 0 Å². The van der Waals surface area contributed by atoms with Gasteiger partial charge in [-0.05, 0) is 26.8 Å². The van der Waals surface area contributed by atoms with Crippen molar-refractivity contribution < 1.29 is 4.74 Å². The van der Waals surface area contributed by atoms with Crippen LogP contribution in [0.15, 0.2) is 12.2 Å². The maximum absolute atomic E-state index is 5.96. The standard InChI is InChI=1S/C11H24N2O/c1-10(2)8-13(3)9-11(12)6-5-7-14-4/h11H,1,5-9,12H2,2-4H3. The van der Waals surface area contributed by atoms with E-state index in [9.17, 15) is 0 Å². The Bertz CT molecular complexity index is 159. The van der Waals surface area contributed by atoms with Gasteiger partial charge in [-0.25, -0.2) is 0 Å². The molecule has 0 fully saturated rings. The van der Waals surface area contributed by atoms with Crippen LogP contribution in [0, 0.1) is 0 Å². The summed E-state index contributed by atoms with van der Waals surface area (Å²) >= 11 is 0. The monoisotopic (exact) mass is 200 g/mol. The molecule has 0 aromatic rings.